The first-order chi connectivity index (χ1) is 8.29. The van der Waals surface area contributed by atoms with E-state index in [1.165, 1.54) is 0 Å². The molecule has 1 amide bonds. The molecule has 7 nitrogen and oxygen atoms in total. The fraction of sp³-hybridized carbons (Fsp3) is 0.200. The number of H-pyrrole nitrogens is 1. The molecule has 0 fully saturated rings. The molecule has 17 heavy (non-hydrogen) atoms. The number of carbonyl (C=O) groups is 1. The smallest absolute Gasteiger partial charge is 0.297 e. The molecule has 2 rings (SSSR count). The van der Waals surface area contributed by atoms with E-state index in [-0.39, 0.29) is 5.82 Å². The number of carbonyl (C=O) groups excluding carboxylic acids is 1. The molecule has 1 heterocycles. The molecule has 0 atom stereocenters. The summed E-state index contributed by atoms with van der Waals surface area (Å²) in [5.74, 6) is 0.262. The molecular weight excluding hydrogens is 222 g/mol. The topological polar surface area (TPSA) is 92.8 Å². The minimum absolute atomic E-state index is 0.00758. The lowest BCUT2D eigenvalue weighted by atomic mass is 10.3. The fourth-order valence-corrected chi connectivity index (χ4v) is 1.28. The third-order valence-corrected chi connectivity index (χ3v) is 1.95. The predicted octanol–water partition coefficient (Wildman–Crippen LogP) is 0.851. The highest BCUT2D eigenvalue weighted by Crippen LogP contribution is 2.17. The fourth-order valence-electron chi connectivity index (χ4n) is 1.28. The number of aromatic nitrogens is 4. The van der Waals surface area contributed by atoms with Crippen molar-refractivity contribution in [1.29, 1.82) is 0 Å². The Bertz CT molecular complexity index is 497. The Kier molecular flexibility index (Phi) is 3.29. The molecule has 0 aliphatic rings. The van der Waals surface area contributed by atoms with Gasteiger partial charge in [0, 0.05) is 11.8 Å². The van der Waals surface area contributed by atoms with Gasteiger partial charge in [-0.3, -0.25) is 4.79 Å². The van der Waals surface area contributed by atoms with Gasteiger partial charge < -0.3 is 10.1 Å². The average Bonchev–Trinajstić information content (AvgIpc) is 2.83. The summed E-state index contributed by atoms with van der Waals surface area (Å²) in [6.07, 6.45) is 0. The first-order valence-electron chi connectivity index (χ1n) is 5.07. The van der Waals surface area contributed by atoms with E-state index in [2.05, 4.69) is 25.9 Å². The van der Waals surface area contributed by atoms with Crippen molar-refractivity contribution < 1.29 is 9.53 Å². The Morgan fingerprint density at radius 2 is 2.41 bits per heavy atom. The van der Waals surface area contributed by atoms with Crippen LogP contribution in [-0.4, -0.2) is 33.1 Å². The van der Waals surface area contributed by atoms with Crippen LogP contribution in [0.5, 0.6) is 5.75 Å². The van der Waals surface area contributed by atoms with Crippen LogP contribution >= 0.6 is 0 Å². The second-order valence-corrected chi connectivity index (χ2v) is 3.15. The number of hydrogen-bond donors (Lipinski definition) is 2. The monoisotopic (exact) mass is 233 g/mol. The number of ether oxygens (including phenoxy) is 1. The van der Waals surface area contributed by atoms with Gasteiger partial charge in [0.1, 0.15) is 5.75 Å². The average molecular weight is 233 g/mol. The van der Waals surface area contributed by atoms with Crippen molar-refractivity contribution in [2.75, 3.05) is 11.9 Å². The van der Waals surface area contributed by atoms with Crippen LogP contribution in [0.25, 0.3) is 0 Å². The van der Waals surface area contributed by atoms with E-state index < -0.39 is 5.91 Å². The van der Waals surface area contributed by atoms with Crippen LogP contribution in [0.3, 0.4) is 0 Å². The summed E-state index contributed by atoms with van der Waals surface area (Å²) in [5, 5.41) is 15.3. The maximum absolute atomic E-state index is 11.6. The number of nitrogens with one attached hydrogen (secondary N) is 2. The molecule has 2 N–H and O–H groups in total. The number of nitrogens with zero attached hydrogens (tertiary/aromatic N) is 3. The maximum Gasteiger partial charge on any atom is 0.297 e. The predicted molar refractivity (Wildman–Crippen MR) is 59.7 cm³/mol. The zero-order valence-electron chi connectivity index (χ0n) is 9.17. The van der Waals surface area contributed by atoms with Crippen molar-refractivity contribution in [3.05, 3.63) is 30.1 Å². The van der Waals surface area contributed by atoms with Gasteiger partial charge in [-0.05, 0) is 24.3 Å². The molecule has 0 radical (unpaired) electrons. The van der Waals surface area contributed by atoms with Crippen LogP contribution in [0.15, 0.2) is 24.3 Å². The van der Waals surface area contributed by atoms with Gasteiger partial charge >= 0.3 is 0 Å². The molecule has 88 valence electrons. The van der Waals surface area contributed by atoms with Gasteiger partial charge in [-0.1, -0.05) is 6.07 Å². The quantitative estimate of drug-likeness (QED) is 0.816. The van der Waals surface area contributed by atoms with Crippen molar-refractivity contribution in [2.45, 2.75) is 6.92 Å². The SMILES string of the molecule is CCOc1cccc(NC(=O)c2nn[nH]n2)c1. The van der Waals surface area contributed by atoms with Crippen molar-refractivity contribution >= 4 is 11.6 Å². The summed E-state index contributed by atoms with van der Waals surface area (Å²) in [6.45, 7) is 2.47. The Balaban J connectivity index is 2.08. The molecule has 0 unspecified atom stereocenters. The Morgan fingerprint density at radius 1 is 1.53 bits per heavy atom. The van der Waals surface area contributed by atoms with Crippen molar-refractivity contribution in [3.8, 4) is 5.75 Å². The Hall–Kier alpha value is -2.44. The molecule has 0 aliphatic heterocycles. The second-order valence-electron chi connectivity index (χ2n) is 3.15. The lowest BCUT2D eigenvalue weighted by molar-refractivity contribution is 0.101. The summed E-state index contributed by atoms with van der Waals surface area (Å²) in [5.41, 5.74) is 0.616. The van der Waals surface area contributed by atoms with Gasteiger partial charge in [-0.25, -0.2) is 0 Å². The number of hydrogen-bond acceptors (Lipinski definition) is 5. The van der Waals surface area contributed by atoms with E-state index in [4.69, 9.17) is 4.74 Å². The highest BCUT2D eigenvalue weighted by atomic mass is 16.5. The molecule has 1 aromatic heterocycles. The third kappa shape index (κ3) is 2.77. The molecule has 0 saturated heterocycles. The molecule has 0 saturated carbocycles. The minimum atomic E-state index is -0.424. The number of rotatable bonds is 4. The highest BCUT2D eigenvalue weighted by molar-refractivity contribution is 6.01. The van der Waals surface area contributed by atoms with Crippen LogP contribution in [0.4, 0.5) is 5.69 Å². The lowest BCUT2D eigenvalue weighted by Gasteiger charge is -2.06. The van der Waals surface area contributed by atoms with E-state index in [9.17, 15) is 4.79 Å². The minimum Gasteiger partial charge on any atom is -0.494 e. The number of benzene rings is 1. The molecular formula is C10H11N5O2. The molecule has 0 aliphatic carbocycles. The van der Waals surface area contributed by atoms with E-state index in [0.717, 1.165) is 0 Å². The maximum atomic E-state index is 11.6. The Labute approximate surface area is 97.2 Å². The van der Waals surface area contributed by atoms with E-state index in [1.54, 1.807) is 18.2 Å². The molecule has 0 spiro atoms. The van der Waals surface area contributed by atoms with E-state index in [0.29, 0.717) is 18.0 Å². The van der Waals surface area contributed by atoms with Crippen LogP contribution in [0.1, 0.15) is 17.5 Å². The molecule has 7 heteroatoms. The normalized spacial score (nSPS) is 9.94. The zero-order chi connectivity index (χ0) is 12.1. The van der Waals surface area contributed by atoms with Crippen LogP contribution in [0.2, 0.25) is 0 Å². The first-order valence-corrected chi connectivity index (χ1v) is 5.07. The largest absolute Gasteiger partial charge is 0.494 e. The van der Waals surface area contributed by atoms with E-state index >= 15 is 0 Å². The number of anilines is 1. The number of tetrazole rings is 1. The van der Waals surface area contributed by atoms with Crippen molar-refractivity contribution in [2.24, 2.45) is 0 Å². The van der Waals surface area contributed by atoms with Gasteiger partial charge in [0.15, 0.2) is 0 Å². The van der Waals surface area contributed by atoms with Crippen LogP contribution in [-0.2, 0) is 0 Å². The third-order valence-electron chi connectivity index (χ3n) is 1.95. The van der Waals surface area contributed by atoms with Crippen molar-refractivity contribution in [3.63, 3.8) is 0 Å². The standard InChI is InChI=1S/C10H11N5O2/c1-2-17-8-5-3-4-7(6-8)11-10(16)9-12-14-15-13-9/h3-6H,2H2,1H3,(H,11,16)(H,12,13,14,15). The first kappa shape index (κ1) is 11.1. The molecule has 0 bridgehead atoms. The second kappa shape index (κ2) is 5.06. The summed E-state index contributed by atoms with van der Waals surface area (Å²) < 4.78 is 5.32. The summed E-state index contributed by atoms with van der Waals surface area (Å²) >= 11 is 0. The van der Waals surface area contributed by atoms with Gasteiger partial charge in [-0.15, -0.1) is 10.2 Å². The van der Waals surface area contributed by atoms with Gasteiger partial charge in [0.2, 0.25) is 0 Å². The number of amides is 1. The highest BCUT2D eigenvalue weighted by Gasteiger charge is 2.10. The van der Waals surface area contributed by atoms with Crippen molar-refractivity contribution in [1.82, 2.24) is 20.6 Å². The lowest BCUT2D eigenvalue weighted by Crippen LogP contribution is -2.13. The molecule has 1 aromatic carbocycles. The van der Waals surface area contributed by atoms with Gasteiger partial charge in [0.05, 0.1) is 6.61 Å². The van der Waals surface area contributed by atoms with Gasteiger partial charge in [0.25, 0.3) is 11.7 Å². The van der Waals surface area contributed by atoms with Crippen LogP contribution < -0.4 is 10.1 Å². The molecule has 2 aromatic rings. The summed E-state index contributed by atoms with van der Waals surface area (Å²) in [6, 6.07) is 7.08. The summed E-state index contributed by atoms with van der Waals surface area (Å²) in [7, 11) is 0. The van der Waals surface area contributed by atoms with Crippen LogP contribution in [0, 0.1) is 0 Å². The van der Waals surface area contributed by atoms with Gasteiger partial charge in [-0.2, -0.15) is 5.21 Å². The Morgan fingerprint density at radius 3 is 3.12 bits per heavy atom. The zero-order valence-corrected chi connectivity index (χ0v) is 9.17. The van der Waals surface area contributed by atoms with E-state index in [1.807, 2.05) is 13.0 Å². The number of aromatic amines is 1. The summed E-state index contributed by atoms with van der Waals surface area (Å²) in [4.78, 5) is 11.6.